The van der Waals surface area contributed by atoms with Gasteiger partial charge < -0.3 is 20.6 Å². The van der Waals surface area contributed by atoms with Crippen LogP contribution in [0.25, 0.3) is 0 Å². The lowest BCUT2D eigenvalue weighted by molar-refractivity contribution is -0.133. The largest absolute Gasteiger partial charge is 0.484 e. The van der Waals surface area contributed by atoms with Gasteiger partial charge in [-0.15, -0.1) is 0 Å². The van der Waals surface area contributed by atoms with Crippen molar-refractivity contribution in [3.05, 3.63) is 30.3 Å². The first kappa shape index (κ1) is 13.2. The number of carbonyl (C=O) groups is 1. The Kier molecular flexibility index (Phi) is 4.22. The van der Waals surface area contributed by atoms with E-state index in [9.17, 15) is 4.79 Å². The van der Waals surface area contributed by atoms with Crippen LogP contribution in [0.2, 0.25) is 0 Å². The van der Waals surface area contributed by atoms with E-state index < -0.39 is 0 Å². The second-order valence-electron chi connectivity index (χ2n) is 4.37. The molecular weight excluding hydrogens is 246 g/mol. The number of para-hydroxylation sites is 1. The van der Waals surface area contributed by atoms with Gasteiger partial charge in [0.25, 0.3) is 5.91 Å². The molecule has 1 fully saturated rings. The van der Waals surface area contributed by atoms with E-state index in [4.69, 9.17) is 15.7 Å². The SMILES string of the molecule is NC(=NO)C1CCCN1C(=O)COc1ccccc1. The van der Waals surface area contributed by atoms with Crippen LogP contribution in [0, 0.1) is 0 Å². The number of carbonyl (C=O) groups excluding carboxylic acids is 1. The Morgan fingerprint density at radius 2 is 2.21 bits per heavy atom. The molecule has 0 radical (unpaired) electrons. The van der Waals surface area contributed by atoms with Crippen molar-refractivity contribution in [2.24, 2.45) is 10.9 Å². The minimum atomic E-state index is -0.322. The molecule has 6 heteroatoms. The Hall–Kier alpha value is -2.24. The second-order valence-corrected chi connectivity index (χ2v) is 4.37. The number of oxime groups is 1. The summed E-state index contributed by atoms with van der Waals surface area (Å²) in [5.74, 6) is 0.568. The van der Waals surface area contributed by atoms with Gasteiger partial charge in [-0.2, -0.15) is 0 Å². The molecular formula is C13H17N3O3. The molecule has 0 spiro atoms. The maximum absolute atomic E-state index is 12.1. The van der Waals surface area contributed by atoms with Crippen LogP contribution >= 0.6 is 0 Å². The zero-order valence-electron chi connectivity index (χ0n) is 10.5. The van der Waals surface area contributed by atoms with Gasteiger partial charge in [0.2, 0.25) is 0 Å². The Balaban J connectivity index is 1.92. The van der Waals surface area contributed by atoms with Gasteiger partial charge >= 0.3 is 0 Å². The van der Waals surface area contributed by atoms with Gasteiger partial charge in [0.15, 0.2) is 12.4 Å². The predicted octanol–water partition coefficient (Wildman–Crippen LogP) is 0.803. The van der Waals surface area contributed by atoms with Crippen LogP contribution in [-0.4, -0.2) is 41.0 Å². The standard InChI is InChI=1S/C13H17N3O3/c14-13(15-18)11-7-4-8-16(11)12(17)9-19-10-5-2-1-3-6-10/h1-3,5-6,11,18H,4,7-9H2,(H2,14,15). The number of likely N-dealkylation sites (tertiary alicyclic amines) is 1. The number of rotatable bonds is 4. The highest BCUT2D eigenvalue weighted by Gasteiger charge is 2.31. The summed E-state index contributed by atoms with van der Waals surface area (Å²) in [6, 6.07) is 8.82. The summed E-state index contributed by atoms with van der Waals surface area (Å²) in [6.07, 6.45) is 1.56. The topological polar surface area (TPSA) is 88.2 Å². The maximum atomic E-state index is 12.1. The highest BCUT2D eigenvalue weighted by molar-refractivity contribution is 5.90. The molecule has 19 heavy (non-hydrogen) atoms. The van der Waals surface area contributed by atoms with Crippen molar-refractivity contribution < 1.29 is 14.7 Å². The molecule has 1 atom stereocenters. The quantitative estimate of drug-likeness (QED) is 0.364. The third-order valence-electron chi connectivity index (χ3n) is 3.14. The Labute approximate surface area is 111 Å². The molecule has 0 bridgehead atoms. The number of benzene rings is 1. The normalized spacial score (nSPS) is 19.5. The fourth-order valence-electron chi connectivity index (χ4n) is 2.18. The van der Waals surface area contributed by atoms with Crippen molar-refractivity contribution in [1.29, 1.82) is 0 Å². The Morgan fingerprint density at radius 1 is 1.47 bits per heavy atom. The highest BCUT2D eigenvalue weighted by Crippen LogP contribution is 2.18. The van der Waals surface area contributed by atoms with Crippen LogP contribution in [0.15, 0.2) is 35.5 Å². The summed E-state index contributed by atoms with van der Waals surface area (Å²) < 4.78 is 5.41. The predicted molar refractivity (Wildman–Crippen MR) is 70.1 cm³/mol. The van der Waals surface area contributed by atoms with Gasteiger partial charge in [-0.3, -0.25) is 4.79 Å². The van der Waals surface area contributed by atoms with E-state index in [0.717, 1.165) is 6.42 Å². The van der Waals surface area contributed by atoms with Crippen LogP contribution in [0.5, 0.6) is 5.75 Å². The summed E-state index contributed by atoms with van der Waals surface area (Å²) in [6.45, 7) is 0.567. The van der Waals surface area contributed by atoms with E-state index >= 15 is 0 Å². The number of hydrogen-bond donors (Lipinski definition) is 2. The fraction of sp³-hybridized carbons (Fsp3) is 0.385. The third-order valence-corrected chi connectivity index (χ3v) is 3.14. The first-order valence-corrected chi connectivity index (χ1v) is 6.17. The zero-order valence-corrected chi connectivity index (χ0v) is 10.5. The summed E-state index contributed by atoms with van der Waals surface area (Å²) in [4.78, 5) is 13.7. The van der Waals surface area contributed by atoms with Crippen molar-refractivity contribution in [3.8, 4) is 5.75 Å². The van der Waals surface area contributed by atoms with Crippen molar-refractivity contribution in [2.75, 3.05) is 13.2 Å². The molecule has 3 N–H and O–H groups in total. The van der Waals surface area contributed by atoms with Gasteiger partial charge in [-0.1, -0.05) is 23.4 Å². The molecule has 1 aliphatic rings. The van der Waals surface area contributed by atoms with Crippen LogP contribution in [0.1, 0.15) is 12.8 Å². The molecule has 0 aliphatic carbocycles. The molecule has 1 unspecified atom stereocenters. The van der Waals surface area contributed by atoms with Crippen molar-refractivity contribution in [3.63, 3.8) is 0 Å². The van der Waals surface area contributed by atoms with Gasteiger partial charge in [0.05, 0.1) is 6.04 Å². The van der Waals surface area contributed by atoms with E-state index in [1.807, 2.05) is 18.2 Å². The van der Waals surface area contributed by atoms with Gasteiger partial charge in [0, 0.05) is 6.54 Å². The summed E-state index contributed by atoms with van der Waals surface area (Å²) in [7, 11) is 0. The van der Waals surface area contributed by atoms with Gasteiger partial charge in [0.1, 0.15) is 5.75 Å². The first-order valence-electron chi connectivity index (χ1n) is 6.17. The van der Waals surface area contributed by atoms with Crippen molar-refractivity contribution in [1.82, 2.24) is 4.90 Å². The monoisotopic (exact) mass is 263 g/mol. The minimum Gasteiger partial charge on any atom is -0.484 e. The molecule has 6 nitrogen and oxygen atoms in total. The Morgan fingerprint density at radius 3 is 2.89 bits per heavy atom. The molecule has 0 saturated carbocycles. The number of ether oxygens (including phenoxy) is 1. The minimum absolute atomic E-state index is 0.0424. The van der Waals surface area contributed by atoms with Crippen molar-refractivity contribution in [2.45, 2.75) is 18.9 Å². The average molecular weight is 263 g/mol. The molecule has 1 aromatic carbocycles. The average Bonchev–Trinajstić information content (AvgIpc) is 2.94. The first-order chi connectivity index (χ1) is 9.22. The number of nitrogens with zero attached hydrogens (tertiary/aromatic N) is 2. The van der Waals surface area contributed by atoms with Gasteiger partial charge in [-0.05, 0) is 25.0 Å². The van der Waals surface area contributed by atoms with E-state index in [2.05, 4.69) is 5.16 Å². The zero-order chi connectivity index (χ0) is 13.7. The lowest BCUT2D eigenvalue weighted by Gasteiger charge is -2.23. The summed E-state index contributed by atoms with van der Waals surface area (Å²) in [5.41, 5.74) is 5.58. The van der Waals surface area contributed by atoms with Crippen LogP contribution in [0.4, 0.5) is 0 Å². The van der Waals surface area contributed by atoms with Crippen LogP contribution < -0.4 is 10.5 Å². The fourth-order valence-corrected chi connectivity index (χ4v) is 2.18. The second kappa shape index (κ2) is 6.08. The molecule has 1 aromatic rings. The molecule has 1 heterocycles. The number of amidine groups is 1. The van der Waals surface area contributed by atoms with Crippen molar-refractivity contribution >= 4 is 11.7 Å². The lowest BCUT2D eigenvalue weighted by Crippen LogP contribution is -2.45. The maximum Gasteiger partial charge on any atom is 0.261 e. The smallest absolute Gasteiger partial charge is 0.261 e. The number of amides is 1. The molecule has 0 aromatic heterocycles. The van der Waals surface area contributed by atoms with E-state index in [-0.39, 0.29) is 24.4 Å². The third kappa shape index (κ3) is 3.15. The van der Waals surface area contributed by atoms with E-state index in [1.165, 1.54) is 0 Å². The molecule has 1 aliphatic heterocycles. The molecule has 102 valence electrons. The van der Waals surface area contributed by atoms with E-state index in [1.54, 1.807) is 17.0 Å². The summed E-state index contributed by atoms with van der Waals surface area (Å²) in [5, 5.41) is 11.7. The Bertz CT molecular complexity index is 461. The lowest BCUT2D eigenvalue weighted by atomic mass is 10.2. The van der Waals surface area contributed by atoms with Crippen LogP contribution in [0.3, 0.4) is 0 Å². The van der Waals surface area contributed by atoms with E-state index in [0.29, 0.717) is 18.7 Å². The highest BCUT2D eigenvalue weighted by atomic mass is 16.5. The van der Waals surface area contributed by atoms with Crippen LogP contribution in [-0.2, 0) is 4.79 Å². The van der Waals surface area contributed by atoms with Gasteiger partial charge in [-0.25, -0.2) is 0 Å². The summed E-state index contributed by atoms with van der Waals surface area (Å²) >= 11 is 0. The molecule has 2 rings (SSSR count). The molecule has 1 saturated heterocycles. The molecule has 1 amide bonds. The number of hydrogen-bond acceptors (Lipinski definition) is 4. The number of nitrogens with two attached hydrogens (primary N) is 1.